The minimum atomic E-state index is -1.25. The Bertz CT molecular complexity index is 1360. The first kappa shape index (κ1) is 37.8. The van der Waals surface area contributed by atoms with Crippen molar-refractivity contribution in [3.8, 4) is 0 Å². The van der Waals surface area contributed by atoms with E-state index >= 15 is 0 Å². The lowest BCUT2D eigenvalue weighted by Gasteiger charge is -2.45. The molecule has 10 nitrogen and oxygen atoms in total. The van der Waals surface area contributed by atoms with Crippen molar-refractivity contribution in [2.75, 3.05) is 26.3 Å². The number of carbonyl (C=O) groups excluding carboxylic acids is 4. The highest BCUT2D eigenvalue weighted by Crippen LogP contribution is 2.60. The maximum Gasteiger partial charge on any atom is 0.306 e. The van der Waals surface area contributed by atoms with E-state index in [0.29, 0.717) is 19.3 Å². The first-order valence-corrected chi connectivity index (χ1v) is 17.8. The summed E-state index contributed by atoms with van der Waals surface area (Å²) in [5.74, 6) is -3.21. The van der Waals surface area contributed by atoms with E-state index in [1.807, 2.05) is 44.2 Å². The van der Waals surface area contributed by atoms with Crippen LogP contribution >= 0.6 is 15.9 Å². The number of rotatable bonds is 16. The summed E-state index contributed by atoms with van der Waals surface area (Å²) in [4.78, 5) is 59.0. The van der Waals surface area contributed by atoms with Gasteiger partial charge in [0.1, 0.15) is 18.2 Å². The van der Waals surface area contributed by atoms with Gasteiger partial charge in [0, 0.05) is 36.5 Å². The van der Waals surface area contributed by atoms with Gasteiger partial charge >= 0.3 is 5.97 Å². The van der Waals surface area contributed by atoms with Crippen molar-refractivity contribution in [1.82, 2.24) is 15.1 Å². The standard InChI is InChI=1S/C37H52BrN3O7/c1-8-10-17-27(43)47-22-26(24-15-12-11-13-16-24)39-32(44)28-29-33(45)40(19-14-20-42)31(37(29)21-25(38)30(28)48-37)34(46)41(18-9-2)36(6,7)23-35(3,4)5/h8-9,11-13,15-16,25-26,28-31,42H,1-2,10,14,17-23H2,3-7H3,(H,39,44)/t25?,26-,28+,29-,30+,31+,37-/m1/s1. The largest absolute Gasteiger partial charge is 0.463 e. The number of nitrogens with one attached hydrogen (secondary N) is 1. The molecule has 1 spiro atoms. The topological polar surface area (TPSA) is 125 Å². The van der Waals surface area contributed by atoms with Crippen molar-refractivity contribution >= 4 is 39.6 Å². The number of ether oxygens (including phenoxy) is 2. The smallest absolute Gasteiger partial charge is 0.306 e. The van der Waals surface area contributed by atoms with Crippen LogP contribution in [0.25, 0.3) is 0 Å². The molecule has 0 saturated carbocycles. The summed E-state index contributed by atoms with van der Waals surface area (Å²) in [6, 6.07) is 7.56. The summed E-state index contributed by atoms with van der Waals surface area (Å²) in [5, 5.41) is 12.8. The number of nitrogens with zero attached hydrogens (tertiary/aromatic N) is 2. The van der Waals surface area contributed by atoms with E-state index in [4.69, 9.17) is 9.47 Å². The third-order valence-corrected chi connectivity index (χ3v) is 10.5. The lowest BCUT2D eigenvalue weighted by Crippen LogP contribution is -2.61. The van der Waals surface area contributed by atoms with Gasteiger partial charge in [0.05, 0.1) is 24.0 Å². The van der Waals surface area contributed by atoms with E-state index in [2.05, 4.69) is 55.2 Å². The van der Waals surface area contributed by atoms with Crippen molar-refractivity contribution < 1.29 is 33.8 Å². The number of carbonyl (C=O) groups is 4. The molecule has 3 saturated heterocycles. The van der Waals surface area contributed by atoms with Gasteiger partial charge in [-0.25, -0.2) is 0 Å². The average Bonchev–Trinajstić information content (AvgIpc) is 3.61. The number of halogens is 1. The molecule has 264 valence electrons. The number of likely N-dealkylation sites (tertiary alicyclic amines) is 1. The molecule has 1 aromatic carbocycles. The maximum absolute atomic E-state index is 14.9. The Balaban J connectivity index is 1.69. The molecule has 2 bridgehead atoms. The highest BCUT2D eigenvalue weighted by molar-refractivity contribution is 9.09. The van der Waals surface area contributed by atoms with Gasteiger partial charge in [0.15, 0.2) is 0 Å². The van der Waals surface area contributed by atoms with Crippen molar-refractivity contribution in [1.29, 1.82) is 0 Å². The lowest BCUT2D eigenvalue weighted by atomic mass is 9.70. The van der Waals surface area contributed by atoms with E-state index in [9.17, 15) is 24.3 Å². The molecule has 3 amide bonds. The molecule has 3 aliphatic rings. The number of amides is 3. The number of hydrogen-bond donors (Lipinski definition) is 2. The van der Waals surface area contributed by atoms with Gasteiger partial charge in [0.25, 0.3) is 0 Å². The van der Waals surface area contributed by atoms with Crippen LogP contribution < -0.4 is 5.32 Å². The Morgan fingerprint density at radius 2 is 1.88 bits per heavy atom. The van der Waals surface area contributed by atoms with Gasteiger partial charge in [-0.2, -0.15) is 0 Å². The Morgan fingerprint density at radius 1 is 1.19 bits per heavy atom. The fraction of sp³-hybridized carbons (Fsp3) is 0.622. The van der Waals surface area contributed by atoms with Gasteiger partial charge in [-0.05, 0) is 50.5 Å². The molecule has 3 fully saturated rings. The van der Waals surface area contributed by atoms with Crippen LogP contribution in [0.3, 0.4) is 0 Å². The number of aliphatic hydroxyl groups excluding tert-OH is 1. The number of alkyl halides is 1. The van der Waals surface area contributed by atoms with Crippen molar-refractivity contribution in [3.05, 3.63) is 61.2 Å². The van der Waals surface area contributed by atoms with E-state index in [-0.39, 0.29) is 61.2 Å². The van der Waals surface area contributed by atoms with Crippen molar-refractivity contribution in [2.45, 2.75) is 101 Å². The second-order valence-electron chi connectivity index (χ2n) is 15.0. The number of esters is 1. The van der Waals surface area contributed by atoms with Gasteiger partial charge in [-0.3, -0.25) is 19.2 Å². The Hall–Kier alpha value is -3.02. The highest BCUT2D eigenvalue weighted by Gasteiger charge is 2.76. The fourth-order valence-electron chi connectivity index (χ4n) is 8.14. The van der Waals surface area contributed by atoms with Gasteiger partial charge in [-0.15, -0.1) is 13.2 Å². The molecule has 48 heavy (non-hydrogen) atoms. The van der Waals surface area contributed by atoms with E-state index in [1.165, 1.54) is 4.90 Å². The zero-order valence-corrected chi connectivity index (χ0v) is 30.5. The summed E-state index contributed by atoms with van der Waals surface area (Å²) in [6.07, 6.45) is 4.67. The Morgan fingerprint density at radius 3 is 2.48 bits per heavy atom. The molecular formula is C37H52BrN3O7. The average molecular weight is 731 g/mol. The number of benzene rings is 1. The van der Waals surface area contributed by atoms with E-state index in [1.54, 1.807) is 17.1 Å². The Kier molecular flexibility index (Phi) is 12.0. The van der Waals surface area contributed by atoms with Gasteiger partial charge in [0.2, 0.25) is 17.7 Å². The zero-order valence-electron chi connectivity index (χ0n) is 29.0. The molecule has 0 aliphatic carbocycles. The molecule has 11 heteroatoms. The number of fused-ring (bicyclic) bond motifs is 1. The zero-order chi connectivity index (χ0) is 35.4. The predicted octanol–water partition coefficient (Wildman–Crippen LogP) is 4.71. The normalized spacial score (nSPS) is 26.9. The SMILES string of the molecule is C=CCCC(=O)OC[C@@H](NC(=O)[C@@H]1[C@H]2O[C@@]3(CC2Br)[C@H](C(=O)N(CC=C)C(C)(C)CC(C)(C)C)N(CCCO)C(=O)[C@@H]13)c1ccccc1. The van der Waals surface area contributed by atoms with E-state index in [0.717, 1.165) is 5.56 Å². The van der Waals surface area contributed by atoms with Crippen molar-refractivity contribution in [2.24, 2.45) is 17.3 Å². The minimum Gasteiger partial charge on any atom is -0.463 e. The first-order chi connectivity index (χ1) is 22.6. The maximum atomic E-state index is 14.9. The van der Waals surface area contributed by atoms with Crippen LogP contribution in [0.5, 0.6) is 0 Å². The third kappa shape index (κ3) is 7.73. The third-order valence-electron chi connectivity index (χ3n) is 9.64. The molecule has 1 unspecified atom stereocenters. The molecule has 4 rings (SSSR count). The number of allylic oxidation sites excluding steroid dienone is 1. The van der Waals surface area contributed by atoms with Gasteiger partial charge < -0.3 is 29.7 Å². The van der Waals surface area contributed by atoms with Crippen LogP contribution in [0.2, 0.25) is 0 Å². The molecule has 7 atom stereocenters. The van der Waals surface area contributed by atoms with Crippen LogP contribution in [0.4, 0.5) is 0 Å². The highest BCUT2D eigenvalue weighted by atomic mass is 79.9. The second-order valence-corrected chi connectivity index (χ2v) is 16.2. The van der Waals surface area contributed by atoms with E-state index < -0.39 is 53.0 Å². The fourth-order valence-corrected chi connectivity index (χ4v) is 9.08. The molecule has 3 heterocycles. The summed E-state index contributed by atoms with van der Waals surface area (Å²) in [6.45, 7) is 18.2. The first-order valence-electron chi connectivity index (χ1n) is 16.9. The molecule has 1 aromatic rings. The van der Waals surface area contributed by atoms with Crippen molar-refractivity contribution in [3.63, 3.8) is 0 Å². The summed E-state index contributed by atoms with van der Waals surface area (Å²) >= 11 is 3.74. The Labute approximate surface area is 293 Å². The van der Waals surface area contributed by atoms with Gasteiger partial charge in [-0.1, -0.05) is 79.2 Å². The molecule has 3 aliphatic heterocycles. The second kappa shape index (κ2) is 15.3. The van der Waals surface area contributed by atoms with Crippen LogP contribution in [0, 0.1) is 17.3 Å². The predicted molar refractivity (Wildman–Crippen MR) is 187 cm³/mol. The number of hydrogen-bond acceptors (Lipinski definition) is 7. The molecular weight excluding hydrogens is 678 g/mol. The number of aliphatic hydroxyl groups is 1. The van der Waals surface area contributed by atoms with Crippen LogP contribution in [-0.4, -0.2) is 93.0 Å². The molecule has 0 radical (unpaired) electrons. The summed E-state index contributed by atoms with van der Waals surface area (Å²) < 4.78 is 12.3. The summed E-state index contributed by atoms with van der Waals surface area (Å²) in [7, 11) is 0. The van der Waals surface area contributed by atoms with Crippen LogP contribution in [0.15, 0.2) is 55.6 Å². The lowest BCUT2D eigenvalue weighted by molar-refractivity contribution is -0.153. The molecule has 2 N–H and O–H groups in total. The summed E-state index contributed by atoms with van der Waals surface area (Å²) in [5.41, 5.74) is -1.18. The quantitative estimate of drug-likeness (QED) is 0.143. The minimum absolute atomic E-state index is 0.0887. The monoisotopic (exact) mass is 729 g/mol. The van der Waals surface area contributed by atoms with Crippen LogP contribution in [0.1, 0.15) is 78.3 Å². The molecule has 0 aromatic heterocycles. The van der Waals surface area contributed by atoms with Crippen LogP contribution in [-0.2, 0) is 28.7 Å².